The average Bonchev–Trinajstić information content (AvgIpc) is 3.27. The van der Waals surface area contributed by atoms with Gasteiger partial charge in [0.25, 0.3) is 0 Å². The fourth-order valence-electron chi connectivity index (χ4n) is 4.10. The molecule has 2 aromatic heterocycles. The fraction of sp³-hybridized carbons (Fsp3) is 0.462. The van der Waals surface area contributed by atoms with Gasteiger partial charge in [0.15, 0.2) is 5.11 Å². The highest BCUT2D eigenvalue weighted by molar-refractivity contribution is 7.80. The van der Waals surface area contributed by atoms with Crippen molar-refractivity contribution in [2.24, 2.45) is 17.9 Å². The number of benzene rings is 1. The molecule has 2 heterocycles. The van der Waals surface area contributed by atoms with E-state index in [0.717, 1.165) is 66.9 Å². The molecule has 0 radical (unpaired) electrons. The zero-order chi connectivity index (χ0) is 25.4. The lowest BCUT2D eigenvalue weighted by Gasteiger charge is -2.23. The Morgan fingerprint density at radius 2 is 2.00 bits per heavy atom. The van der Waals surface area contributed by atoms with Crippen molar-refractivity contribution in [1.82, 2.24) is 24.4 Å². The zero-order valence-corrected chi connectivity index (χ0v) is 22.3. The zero-order valence-electron chi connectivity index (χ0n) is 21.5. The number of thiocarbonyl (C=S) groups is 1. The number of rotatable bonds is 12. The normalized spacial score (nSPS) is 11.7. The number of likely N-dealkylation sites (N-methyl/N-ethyl adjacent to an activating group) is 1. The molecule has 0 amide bonds. The van der Waals surface area contributed by atoms with Gasteiger partial charge in [-0.2, -0.15) is 5.10 Å². The molecule has 0 spiro atoms. The molecule has 0 aliphatic heterocycles. The number of hydrogen-bond donors (Lipinski definition) is 1. The minimum atomic E-state index is 0.259. The van der Waals surface area contributed by atoms with Crippen LogP contribution in [-0.4, -0.2) is 75.7 Å². The molecule has 0 fully saturated rings. The van der Waals surface area contributed by atoms with Gasteiger partial charge in [0.2, 0.25) is 0 Å². The lowest BCUT2D eigenvalue weighted by molar-refractivity contribution is 0.195. The third-order valence-electron chi connectivity index (χ3n) is 6.29. The van der Waals surface area contributed by atoms with E-state index in [0.29, 0.717) is 6.54 Å². The number of ether oxygens (including phenoxy) is 1. The number of imidazole rings is 1. The monoisotopic (exact) mass is 495 g/mol. The molecule has 0 bridgehead atoms. The molecule has 3 rings (SSSR count). The van der Waals surface area contributed by atoms with Crippen molar-refractivity contribution < 1.29 is 4.74 Å². The van der Waals surface area contributed by atoms with Gasteiger partial charge in [0, 0.05) is 38.3 Å². The summed E-state index contributed by atoms with van der Waals surface area (Å²) < 4.78 is 7.22. The van der Waals surface area contributed by atoms with E-state index in [4.69, 9.17) is 32.8 Å². The second-order valence-corrected chi connectivity index (χ2v) is 9.03. The Labute approximate surface area is 213 Å². The van der Waals surface area contributed by atoms with Crippen molar-refractivity contribution >= 4 is 34.4 Å². The summed E-state index contributed by atoms with van der Waals surface area (Å²) in [4.78, 5) is 11.5. The molecule has 35 heavy (non-hydrogen) atoms. The first-order chi connectivity index (χ1) is 16.9. The molecule has 1 aromatic carbocycles. The summed E-state index contributed by atoms with van der Waals surface area (Å²) in [6.45, 7) is 10.6. The van der Waals surface area contributed by atoms with Gasteiger partial charge < -0.3 is 19.9 Å². The molecule has 0 aliphatic carbocycles. The SMILES string of the molecule is CCN(CC)CCN(N=Cc1cc(-c2cncn2C)nc2cc(C)c(CCCOC)cc12)C(N)=S. The van der Waals surface area contributed by atoms with Crippen LogP contribution in [0.15, 0.2) is 35.8 Å². The summed E-state index contributed by atoms with van der Waals surface area (Å²) in [7, 11) is 3.70. The van der Waals surface area contributed by atoms with Crippen molar-refractivity contribution in [2.45, 2.75) is 33.6 Å². The van der Waals surface area contributed by atoms with Crippen LogP contribution in [0.1, 0.15) is 37.0 Å². The maximum Gasteiger partial charge on any atom is 0.187 e. The van der Waals surface area contributed by atoms with Crippen LogP contribution in [0, 0.1) is 6.92 Å². The largest absolute Gasteiger partial charge is 0.385 e. The molecule has 0 saturated carbocycles. The van der Waals surface area contributed by atoms with Crippen LogP contribution in [0.2, 0.25) is 0 Å². The molecule has 0 atom stereocenters. The summed E-state index contributed by atoms with van der Waals surface area (Å²) in [6, 6.07) is 6.43. The van der Waals surface area contributed by atoms with Crippen LogP contribution in [0.5, 0.6) is 0 Å². The second-order valence-electron chi connectivity index (χ2n) is 8.61. The van der Waals surface area contributed by atoms with Gasteiger partial charge in [-0.05, 0) is 74.4 Å². The van der Waals surface area contributed by atoms with Gasteiger partial charge >= 0.3 is 0 Å². The number of nitrogens with zero attached hydrogens (tertiary/aromatic N) is 6. The van der Waals surface area contributed by atoms with Gasteiger partial charge in [-0.1, -0.05) is 13.8 Å². The summed E-state index contributed by atoms with van der Waals surface area (Å²) in [6.07, 6.45) is 7.36. The van der Waals surface area contributed by atoms with E-state index >= 15 is 0 Å². The predicted octanol–water partition coefficient (Wildman–Crippen LogP) is 3.74. The predicted molar refractivity (Wildman–Crippen MR) is 148 cm³/mol. The molecule has 9 heteroatoms. The molecule has 8 nitrogen and oxygen atoms in total. The third-order valence-corrected chi connectivity index (χ3v) is 6.50. The Morgan fingerprint density at radius 3 is 2.63 bits per heavy atom. The summed E-state index contributed by atoms with van der Waals surface area (Å²) in [5.74, 6) is 0. The van der Waals surface area contributed by atoms with E-state index in [1.165, 1.54) is 11.1 Å². The molecule has 2 N–H and O–H groups in total. The second kappa shape index (κ2) is 12.7. The highest BCUT2D eigenvalue weighted by atomic mass is 32.1. The number of hydrogen-bond acceptors (Lipinski definition) is 6. The average molecular weight is 496 g/mol. The quantitative estimate of drug-likeness (QED) is 0.177. The van der Waals surface area contributed by atoms with E-state index in [9.17, 15) is 0 Å². The van der Waals surface area contributed by atoms with Crippen LogP contribution in [0.4, 0.5) is 0 Å². The topological polar surface area (TPSA) is 84.8 Å². The van der Waals surface area contributed by atoms with Crippen LogP contribution in [-0.2, 0) is 18.2 Å². The van der Waals surface area contributed by atoms with Gasteiger partial charge in [-0.25, -0.2) is 15.0 Å². The highest BCUT2D eigenvalue weighted by Crippen LogP contribution is 2.27. The first kappa shape index (κ1) is 26.7. The minimum Gasteiger partial charge on any atom is -0.385 e. The number of hydrazone groups is 1. The van der Waals surface area contributed by atoms with E-state index in [-0.39, 0.29) is 5.11 Å². The molecule has 0 unspecified atom stereocenters. The number of aromatic nitrogens is 3. The first-order valence-corrected chi connectivity index (χ1v) is 12.5. The Hall–Kier alpha value is -2.88. The van der Waals surface area contributed by atoms with E-state index in [1.54, 1.807) is 18.4 Å². The van der Waals surface area contributed by atoms with Crippen molar-refractivity contribution in [1.29, 1.82) is 0 Å². The molecule has 0 aliphatic rings. The Balaban J connectivity index is 2.04. The van der Waals surface area contributed by atoms with Gasteiger partial charge in [-0.15, -0.1) is 0 Å². The van der Waals surface area contributed by atoms with Crippen molar-refractivity contribution in [2.75, 3.05) is 39.9 Å². The standard InChI is InChI=1S/C26H37N7OS/c1-6-32(7-2)10-11-33(26(27)35)29-16-21-15-24(25-17-28-18-31(25)4)30-23-13-19(3)20(14-22(21)23)9-8-12-34-5/h13-18H,6-12H2,1-5H3,(H2,27,35). The van der Waals surface area contributed by atoms with Crippen LogP contribution in [0.25, 0.3) is 22.3 Å². The number of nitrogens with two attached hydrogens (primary N) is 1. The third kappa shape index (κ3) is 6.84. The van der Waals surface area contributed by atoms with Gasteiger partial charge in [0.05, 0.1) is 42.2 Å². The van der Waals surface area contributed by atoms with E-state index < -0.39 is 0 Å². The molecule has 188 valence electrons. The lowest BCUT2D eigenvalue weighted by atomic mass is 9.98. The van der Waals surface area contributed by atoms with Crippen LogP contribution in [0.3, 0.4) is 0 Å². The Morgan fingerprint density at radius 1 is 1.23 bits per heavy atom. The van der Waals surface area contributed by atoms with Crippen molar-refractivity contribution in [3.63, 3.8) is 0 Å². The fourth-order valence-corrected chi connectivity index (χ4v) is 4.24. The number of pyridine rings is 1. The molecular formula is C26H37N7OS. The lowest BCUT2D eigenvalue weighted by Crippen LogP contribution is -2.38. The van der Waals surface area contributed by atoms with Crippen molar-refractivity contribution in [3.05, 3.63) is 47.4 Å². The molecule has 3 aromatic rings. The Bertz CT molecular complexity index is 1170. The number of aryl methyl sites for hydroxylation is 3. The van der Waals surface area contributed by atoms with Gasteiger partial charge in [0.1, 0.15) is 0 Å². The Kier molecular flexibility index (Phi) is 9.71. The van der Waals surface area contributed by atoms with Crippen LogP contribution >= 0.6 is 12.2 Å². The van der Waals surface area contributed by atoms with E-state index in [1.807, 2.05) is 24.0 Å². The maximum atomic E-state index is 6.01. The molecular weight excluding hydrogens is 458 g/mol. The van der Waals surface area contributed by atoms with Crippen LogP contribution < -0.4 is 5.73 Å². The number of methoxy groups -OCH3 is 1. The van der Waals surface area contributed by atoms with Crippen molar-refractivity contribution in [3.8, 4) is 11.4 Å². The minimum absolute atomic E-state index is 0.259. The number of fused-ring (bicyclic) bond motifs is 1. The molecule has 0 saturated heterocycles. The smallest absolute Gasteiger partial charge is 0.187 e. The van der Waals surface area contributed by atoms with Gasteiger partial charge in [-0.3, -0.25) is 0 Å². The summed E-state index contributed by atoms with van der Waals surface area (Å²) in [5, 5.41) is 7.70. The summed E-state index contributed by atoms with van der Waals surface area (Å²) >= 11 is 5.29. The first-order valence-electron chi connectivity index (χ1n) is 12.1. The highest BCUT2D eigenvalue weighted by Gasteiger charge is 2.13. The van der Waals surface area contributed by atoms with E-state index in [2.05, 4.69) is 48.9 Å². The summed E-state index contributed by atoms with van der Waals surface area (Å²) in [5.41, 5.74) is 12.2. The maximum absolute atomic E-state index is 6.01.